The van der Waals surface area contributed by atoms with E-state index in [0.717, 1.165) is 34.2 Å². The third kappa shape index (κ3) is 2.99. The van der Waals surface area contributed by atoms with Crippen LogP contribution in [0.15, 0.2) is 30.3 Å². The average Bonchev–Trinajstić information content (AvgIpc) is 3.15. The highest BCUT2D eigenvalue weighted by Crippen LogP contribution is 2.43. The van der Waals surface area contributed by atoms with E-state index in [2.05, 4.69) is 0 Å². The lowest BCUT2D eigenvalue weighted by atomic mass is 10.0. The van der Waals surface area contributed by atoms with Crippen molar-refractivity contribution >= 4 is 11.3 Å². The van der Waals surface area contributed by atoms with Crippen molar-refractivity contribution in [3.05, 3.63) is 46.3 Å². The monoisotopic (exact) mass is 311 g/mol. The van der Waals surface area contributed by atoms with Crippen LogP contribution in [0.2, 0.25) is 0 Å². The quantitative estimate of drug-likeness (QED) is 0.833. The number of thiophene rings is 1. The molecule has 0 spiro atoms. The van der Waals surface area contributed by atoms with E-state index in [4.69, 9.17) is 5.73 Å². The topological polar surface area (TPSA) is 26.0 Å². The van der Waals surface area contributed by atoms with Crippen LogP contribution >= 0.6 is 11.3 Å². The van der Waals surface area contributed by atoms with Gasteiger partial charge in [0.25, 0.3) is 0 Å². The fourth-order valence-electron chi connectivity index (χ4n) is 2.43. The van der Waals surface area contributed by atoms with E-state index < -0.39 is 11.7 Å². The molecule has 2 aromatic rings. The molecular weight excluding hydrogens is 295 g/mol. The molecule has 1 saturated carbocycles. The van der Waals surface area contributed by atoms with E-state index in [0.29, 0.717) is 11.5 Å². The predicted molar refractivity (Wildman–Crippen MR) is 79.1 cm³/mol. The van der Waals surface area contributed by atoms with Gasteiger partial charge in [-0.25, -0.2) is 0 Å². The van der Waals surface area contributed by atoms with Crippen molar-refractivity contribution in [3.8, 4) is 10.4 Å². The van der Waals surface area contributed by atoms with E-state index in [1.807, 2.05) is 19.1 Å². The van der Waals surface area contributed by atoms with Crippen LogP contribution in [0.1, 0.15) is 34.9 Å². The summed E-state index contributed by atoms with van der Waals surface area (Å²) in [5.74, 6) is 0.541. The number of benzene rings is 1. The number of hydrogen-bond acceptors (Lipinski definition) is 2. The normalized spacial score (nSPS) is 17.0. The van der Waals surface area contributed by atoms with Crippen molar-refractivity contribution in [1.82, 2.24) is 0 Å². The van der Waals surface area contributed by atoms with Gasteiger partial charge in [-0.3, -0.25) is 0 Å². The van der Waals surface area contributed by atoms with E-state index in [-0.39, 0.29) is 6.04 Å². The van der Waals surface area contributed by atoms with Gasteiger partial charge < -0.3 is 5.73 Å². The average molecular weight is 311 g/mol. The van der Waals surface area contributed by atoms with Gasteiger partial charge in [-0.2, -0.15) is 13.2 Å². The summed E-state index contributed by atoms with van der Waals surface area (Å²) in [6.45, 7) is 1.83. The van der Waals surface area contributed by atoms with Crippen LogP contribution in [-0.2, 0) is 6.18 Å². The van der Waals surface area contributed by atoms with Gasteiger partial charge in [0, 0.05) is 15.8 Å². The molecule has 1 aliphatic rings. The second-order valence-corrected chi connectivity index (χ2v) is 6.71. The van der Waals surface area contributed by atoms with Crippen molar-refractivity contribution in [3.63, 3.8) is 0 Å². The molecule has 0 amide bonds. The van der Waals surface area contributed by atoms with Gasteiger partial charge in [-0.15, -0.1) is 11.3 Å². The van der Waals surface area contributed by atoms with Gasteiger partial charge in [-0.1, -0.05) is 6.07 Å². The maximum absolute atomic E-state index is 12.8. The van der Waals surface area contributed by atoms with Crippen LogP contribution < -0.4 is 5.73 Å². The van der Waals surface area contributed by atoms with E-state index in [9.17, 15) is 13.2 Å². The summed E-state index contributed by atoms with van der Waals surface area (Å²) in [5.41, 5.74) is 7.04. The molecule has 0 aliphatic heterocycles. The largest absolute Gasteiger partial charge is 0.416 e. The summed E-state index contributed by atoms with van der Waals surface area (Å²) in [4.78, 5) is 1.91. The summed E-state index contributed by atoms with van der Waals surface area (Å²) < 4.78 is 38.5. The maximum Gasteiger partial charge on any atom is 0.416 e. The van der Waals surface area contributed by atoms with Crippen LogP contribution in [0.5, 0.6) is 0 Å². The summed E-state index contributed by atoms with van der Waals surface area (Å²) in [6.07, 6.45) is -2.01. The van der Waals surface area contributed by atoms with Crippen LogP contribution in [0.3, 0.4) is 0 Å². The van der Waals surface area contributed by atoms with E-state index in [1.54, 1.807) is 0 Å². The molecule has 3 rings (SSSR count). The van der Waals surface area contributed by atoms with Gasteiger partial charge in [0.2, 0.25) is 0 Å². The SMILES string of the molecule is Cc1ccc(C(F)(F)F)cc1-c1ccc(C(N)C2CC2)s1. The summed E-state index contributed by atoms with van der Waals surface area (Å²) in [5, 5.41) is 0. The highest BCUT2D eigenvalue weighted by Gasteiger charge is 2.32. The minimum Gasteiger partial charge on any atom is -0.323 e. The molecule has 1 fully saturated rings. The van der Waals surface area contributed by atoms with E-state index in [1.165, 1.54) is 23.5 Å². The Bertz CT molecular complexity index is 656. The molecule has 1 aromatic heterocycles. The molecule has 0 bridgehead atoms. The first-order chi connectivity index (χ1) is 9.86. The second-order valence-electron chi connectivity index (χ2n) is 5.59. The lowest BCUT2D eigenvalue weighted by Gasteiger charge is -2.10. The Morgan fingerprint density at radius 1 is 1.19 bits per heavy atom. The van der Waals surface area contributed by atoms with E-state index >= 15 is 0 Å². The summed E-state index contributed by atoms with van der Waals surface area (Å²) in [6, 6.07) is 7.73. The third-order valence-corrected chi connectivity index (χ3v) is 5.14. The molecule has 1 aliphatic carbocycles. The van der Waals surface area contributed by atoms with Crippen LogP contribution in [0.25, 0.3) is 10.4 Å². The minimum atomic E-state index is -4.31. The maximum atomic E-state index is 12.8. The van der Waals surface area contributed by atoms with Gasteiger partial charge in [0.1, 0.15) is 0 Å². The number of aryl methyl sites for hydroxylation is 1. The second kappa shape index (κ2) is 5.14. The fourth-order valence-corrected chi connectivity index (χ4v) is 3.61. The molecule has 1 nitrogen and oxygen atoms in total. The molecule has 0 saturated heterocycles. The van der Waals surface area contributed by atoms with Gasteiger partial charge in [0.15, 0.2) is 0 Å². The zero-order chi connectivity index (χ0) is 15.2. The number of hydrogen-bond donors (Lipinski definition) is 1. The first-order valence-electron chi connectivity index (χ1n) is 6.90. The number of alkyl halides is 3. The Morgan fingerprint density at radius 2 is 1.90 bits per heavy atom. The lowest BCUT2D eigenvalue weighted by Crippen LogP contribution is -2.10. The number of rotatable bonds is 3. The van der Waals surface area contributed by atoms with Crippen molar-refractivity contribution < 1.29 is 13.2 Å². The first kappa shape index (κ1) is 14.6. The van der Waals surface area contributed by atoms with Gasteiger partial charge >= 0.3 is 6.18 Å². The smallest absolute Gasteiger partial charge is 0.323 e. The molecule has 1 aromatic carbocycles. The zero-order valence-electron chi connectivity index (χ0n) is 11.6. The highest BCUT2D eigenvalue weighted by atomic mass is 32.1. The van der Waals surface area contributed by atoms with Crippen LogP contribution in [0.4, 0.5) is 13.2 Å². The summed E-state index contributed by atoms with van der Waals surface area (Å²) in [7, 11) is 0. The first-order valence-corrected chi connectivity index (χ1v) is 7.71. The van der Waals surface area contributed by atoms with Crippen molar-refractivity contribution in [2.24, 2.45) is 11.7 Å². The number of nitrogens with two attached hydrogens (primary N) is 1. The zero-order valence-corrected chi connectivity index (χ0v) is 12.4. The van der Waals surface area contributed by atoms with Crippen molar-refractivity contribution in [2.75, 3.05) is 0 Å². The van der Waals surface area contributed by atoms with Crippen LogP contribution in [-0.4, -0.2) is 0 Å². The fraction of sp³-hybridized carbons (Fsp3) is 0.375. The van der Waals surface area contributed by atoms with Gasteiger partial charge in [-0.05, 0) is 61.1 Å². The number of halogens is 3. The van der Waals surface area contributed by atoms with Crippen molar-refractivity contribution in [2.45, 2.75) is 32.0 Å². The molecule has 2 N–H and O–H groups in total. The minimum absolute atomic E-state index is 0.0230. The molecule has 1 heterocycles. The molecule has 1 unspecified atom stereocenters. The Morgan fingerprint density at radius 3 is 2.52 bits per heavy atom. The molecule has 1 atom stereocenters. The standard InChI is InChI=1S/C16H16F3NS/c1-9-2-5-11(16(17,18)19)8-12(9)13-6-7-14(21-13)15(20)10-3-4-10/h2,5-8,10,15H,3-4,20H2,1H3. The Hall–Kier alpha value is -1.33. The van der Waals surface area contributed by atoms with Crippen molar-refractivity contribution in [1.29, 1.82) is 0 Å². The van der Waals surface area contributed by atoms with Gasteiger partial charge in [0.05, 0.1) is 5.56 Å². The Labute approximate surface area is 125 Å². The molecular formula is C16H16F3NS. The Balaban J connectivity index is 1.96. The van der Waals surface area contributed by atoms with Crippen LogP contribution in [0, 0.1) is 12.8 Å². The molecule has 112 valence electrons. The molecule has 21 heavy (non-hydrogen) atoms. The third-order valence-electron chi connectivity index (χ3n) is 3.92. The Kier molecular flexibility index (Phi) is 3.58. The molecule has 0 radical (unpaired) electrons. The highest BCUT2D eigenvalue weighted by molar-refractivity contribution is 7.15. The summed E-state index contributed by atoms with van der Waals surface area (Å²) >= 11 is 1.50. The molecule has 5 heteroatoms. The lowest BCUT2D eigenvalue weighted by molar-refractivity contribution is -0.137. The predicted octanol–water partition coefficient (Wildman–Crippen LogP) is 5.15.